The first kappa shape index (κ1) is 12.0. The second-order valence-corrected chi connectivity index (χ2v) is 4.73. The lowest BCUT2D eigenvalue weighted by Gasteiger charge is -2.11. The van der Waals surface area contributed by atoms with Crippen LogP contribution in [0.2, 0.25) is 0 Å². The van der Waals surface area contributed by atoms with E-state index in [9.17, 15) is 0 Å². The van der Waals surface area contributed by atoms with Gasteiger partial charge in [0, 0.05) is 12.6 Å². The van der Waals surface area contributed by atoms with E-state index in [1.54, 1.807) is 0 Å². The minimum atomic E-state index is 0.265. The van der Waals surface area contributed by atoms with Gasteiger partial charge in [-0.3, -0.25) is 0 Å². The molecule has 6 nitrogen and oxygen atoms in total. The molecule has 0 spiro atoms. The Morgan fingerprint density at radius 3 is 2.84 bits per heavy atom. The fourth-order valence-corrected chi connectivity index (χ4v) is 2.25. The maximum absolute atomic E-state index is 5.71. The van der Waals surface area contributed by atoms with Gasteiger partial charge in [0.15, 0.2) is 11.5 Å². The van der Waals surface area contributed by atoms with Gasteiger partial charge in [-0.05, 0) is 18.1 Å². The van der Waals surface area contributed by atoms with Crippen molar-refractivity contribution in [3.63, 3.8) is 0 Å². The van der Waals surface area contributed by atoms with Crippen LogP contribution in [-0.4, -0.2) is 21.8 Å². The number of fused-ring (bicyclic) bond motifs is 1. The highest BCUT2D eigenvalue weighted by Crippen LogP contribution is 2.34. The van der Waals surface area contributed by atoms with E-state index in [2.05, 4.69) is 24.2 Å². The number of ether oxygens (including phenoxy) is 2. The molecule has 100 valence electrons. The van der Waals surface area contributed by atoms with Crippen LogP contribution in [0.1, 0.15) is 31.2 Å². The van der Waals surface area contributed by atoms with Gasteiger partial charge in [0.05, 0.1) is 11.4 Å². The second-order valence-electron chi connectivity index (χ2n) is 4.73. The molecule has 1 aromatic heterocycles. The van der Waals surface area contributed by atoms with Crippen molar-refractivity contribution < 1.29 is 9.47 Å². The van der Waals surface area contributed by atoms with Crippen LogP contribution in [0.4, 0.5) is 0 Å². The number of benzene rings is 1. The lowest BCUT2D eigenvalue weighted by atomic mass is 10.1. The van der Waals surface area contributed by atoms with Crippen molar-refractivity contribution in [2.75, 3.05) is 6.79 Å². The molecule has 1 aliphatic heterocycles. The van der Waals surface area contributed by atoms with Crippen LogP contribution in [0, 0.1) is 0 Å². The molecule has 1 aliphatic rings. The van der Waals surface area contributed by atoms with Gasteiger partial charge in [0.25, 0.3) is 0 Å². The number of hydrogen-bond acceptors (Lipinski definition) is 5. The number of nitrogens with two attached hydrogens (primary N) is 1. The van der Waals surface area contributed by atoms with Gasteiger partial charge in [-0.1, -0.05) is 19.1 Å². The fourth-order valence-electron chi connectivity index (χ4n) is 2.25. The van der Waals surface area contributed by atoms with E-state index in [4.69, 9.17) is 15.2 Å². The normalized spacial score (nSPS) is 13.3. The van der Waals surface area contributed by atoms with Crippen LogP contribution in [0.3, 0.4) is 0 Å². The highest BCUT2D eigenvalue weighted by Gasteiger charge is 2.19. The topological polar surface area (TPSA) is 75.2 Å². The maximum Gasteiger partial charge on any atom is 0.231 e. The Morgan fingerprint density at radius 1 is 1.32 bits per heavy atom. The van der Waals surface area contributed by atoms with Crippen LogP contribution in [0.5, 0.6) is 11.5 Å². The molecular formula is C13H16N4O2. The summed E-state index contributed by atoms with van der Waals surface area (Å²) in [7, 11) is 0. The van der Waals surface area contributed by atoms with Crippen LogP contribution in [0.15, 0.2) is 18.2 Å². The first-order valence-electron chi connectivity index (χ1n) is 6.25. The van der Waals surface area contributed by atoms with E-state index in [0.29, 0.717) is 12.5 Å². The SMILES string of the molecule is CC(C)c1c(CN)nnn1-c1ccc2c(c1)OCO2. The Bertz CT molecular complexity index is 607. The molecule has 1 aromatic carbocycles. The summed E-state index contributed by atoms with van der Waals surface area (Å²) in [5, 5.41) is 8.34. The van der Waals surface area contributed by atoms with Gasteiger partial charge in [-0.2, -0.15) is 0 Å². The molecule has 2 N–H and O–H groups in total. The molecule has 19 heavy (non-hydrogen) atoms. The van der Waals surface area contributed by atoms with Crippen molar-refractivity contribution in [3.8, 4) is 17.2 Å². The average molecular weight is 260 g/mol. The van der Waals surface area contributed by atoms with E-state index in [0.717, 1.165) is 28.6 Å². The first-order chi connectivity index (χ1) is 9.20. The van der Waals surface area contributed by atoms with Crippen LogP contribution < -0.4 is 15.2 Å². The van der Waals surface area contributed by atoms with Crippen molar-refractivity contribution in [2.45, 2.75) is 26.3 Å². The minimum absolute atomic E-state index is 0.265. The van der Waals surface area contributed by atoms with Crippen molar-refractivity contribution >= 4 is 0 Å². The molecule has 0 fully saturated rings. The molecule has 0 radical (unpaired) electrons. The highest BCUT2D eigenvalue weighted by atomic mass is 16.7. The smallest absolute Gasteiger partial charge is 0.231 e. The molecular weight excluding hydrogens is 244 g/mol. The Balaban J connectivity index is 2.09. The van der Waals surface area contributed by atoms with Gasteiger partial charge in [0.2, 0.25) is 6.79 Å². The Kier molecular flexibility index (Phi) is 2.87. The summed E-state index contributed by atoms with van der Waals surface area (Å²) in [6.45, 7) is 4.85. The molecule has 2 heterocycles. The molecule has 0 amide bonds. The third kappa shape index (κ3) is 1.94. The van der Waals surface area contributed by atoms with Gasteiger partial charge in [0.1, 0.15) is 5.69 Å². The van der Waals surface area contributed by atoms with Crippen LogP contribution in [-0.2, 0) is 6.54 Å². The number of nitrogens with zero attached hydrogens (tertiary/aromatic N) is 3. The summed E-state index contributed by atoms with van der Waals surface area (Å²) in [6, 6.07) is 5.73. The molecule has 0 aliphatic carbocycles. The predicted molar refractivity (Wildman–Crippen MR) is 69.5 cm³/mol. The molecule has 2 aromatic rings. The molecule has 0 saturated heterocycles. The standard InChI is InChI=1S/C13H16N4O2/c1-8(2)13-10(6-14)15-16-17(13)9-3-4-11-12(5-9)19-7-18-11/h3-5,8H,6-7,14H2,1-2H3. The van der Waals surface area contributed by atoms with E-state index >= 15 is 0 Å². The summed E-state index contributed by atoms with van der Waals surface area (Å²) in [6.07, 6.45) is 0. The van der Waals surface area contributed by atoms with Crippen molar-refractivity contribution in [2.24, 2.45) is 5.73 Å². The maximum atomic E-state index is 5.71. The number of aromatic nitrogens is 3. The third-order valence-corrected chi connectivity index (χ3v) is 3.12. The molecule has 0 bridgehead atoms. The molecule has 0 unspecified atom stereocenters. The van der Waals surface area contributed by atoms with Crippen molar-refractivity contribution in [3.05, 3.63) is 29.6 Å². The number of hydrogen-bond donors (Lipinski definition) is 1. The number of rotatable bonds is 3. The van der Waals surface area contributed by atoms with E-state index in [-0.39, 0.29) is 6.79 Å². The largest absolute Gasteiger partial charge is 0.454 e. The van der Waals surface area contributed by atoms with E-state index < -0.39 is 0 Å². The van der Waals surface area contributed by atoms with E-state index in [1.807, 2.05) is 22.9 Å². The van der Waals surface area contributed by atoms with Crippen LogP contribution >= 0.6 is 0 Å². The summed E-state index contributed by atoms with van der Waals surface area (Å²) in [5.74, 6) is 1.78. The van der Waals surface area contributed by atoms with Gasteiger partial charge >= 0.3 is 0 Å². The average Bonchev–Trinajstić information content (AvgIpc) is 3.03. The summed E-state index contributed by atoms with van der Waals surface area (Å²) in [4.78, 5) is 0. The molecule has 6 heteroatoms. The van der Waals surface area contributed by atoms with Crippen LogP contribution in [0.25, 0.3) is 5.69 Å². The summed E-state index contributed by atoms with van der Waals surface area (Å²) < 4.78 is 12.5. The zero-order valence-corrected chi connectivity index (χ0v) is 11.0. The Labute approximate surface area is 111 Å². The Hall–Kier alpha value is -2.08. The van der Waals surface area contributed by atoms with Gasteiger partial charge in [-0.25, -0.2) is 4.68 Å². The molecule has 0 atom stereocenters. The second kappa shape index (κ2) is 4.55. The third-order valence-electron chi connectivity index (χ3n) is 3.12. The molecule has 0 saturated carbocycles. The predicted octanol–water partition coefficient (Wildman–Crippen LogP) is 1.58. The monoisotopic (exact) mass is 260 g/mol. The first-order valence-corrected chi connectivity index (χ1v) is 6.25. The highest BCUT2D eigenvalue weighted by molar-refractivity contribution is 5.50. The summed E-state index contributed by atoms with van der Waals surface area (Å²) in [5.41, 5.74) is 8.47. The van der Waals surface area contributed by atoms with Gasteiger partial charge < -0.3 is 15.2 Å². The quantitative estimate of drug-likeness (QED) is 0.906. The minimum Gasteiger partial charge on any atom is -0.454 e. The zero-order chi connectivity index (χ0) is 13.4. The lowest BCUT2D eigenvalue weighted by molar-refractivity contribution is 0.174. The van der Waals surface area contributed by atoms with Crippen molar-refractivity contribution in [1.29, 1.82) is 0 Å². The van der Waals surface area contributed by atoms with E-state index in [1.165, 1.54) is 0 Å². The lowest BCUT2D eigenvalue weighted by Crippen LogP contribution is -2.07. The van der Waals surface area contributed by atoms with Gasteiger partial charge in [-0.15, -0.1) is 5.10 Å². The zero-order valence-electron chi connectivity index (χ0n) is 11.0. The van der Waals surface area contributed by atoms with Crippen molar-refractivity contribution in [1.82, 2.24) is 15.0 Å². The summed E-state index contributed by atoms with van der Waals surface area (Å²) >= 11 is 0. The Morgan fingerprint density at radius 2 is 2.11 bits per heavy atom. The fraction of sp³-hybridized carbons (Fsp3) is 0.385. The molecule has 3 rings (SSSR count).